The first-order valence-electron chi connectivity index (χ1n) is 9.83. The van der Waals surface area contributed by atoms with E-state index in [9.17, 15) is 14.4 Å². The van der Waals surface area contributed by atoms with E-state index in [0.29, 0.717) is 22.6 Å². The molecule has 3 aromatic rings. The van der Waals surface area contributed by atoms with Gasteiger partial charge in [-0.3, -0.25) is 19.1 Å². The number of carbonyl (C=O) groups excluding carboxylic acids is 2. The van der Waals surface area contributed by atoms with E-state index in [1.807, 2.05) is 36.4 Å². The summed E-state index contributed by atoms with van der Waals surface area (Å²) in [4.78, 5) is 39.7. The molecule has 2 amide bonds. The first kappa shape index (κ1) is 20.0. The molecule has 160 valence electrons. The molecule has 9 nitrogen and oxygen atoms in total. The fourth-order valence-corrected chi connectivity index (χ4v) is 4.56. The lowest BCUT2D eigenvalue weighted by Gasteiger charge is -2.13. The van der Waals surface area contributed by atoms with Gasteiger partial charge >= 0.3 is 0 Å². The van der Waals surface area contributed by atoms with Gasteiger partial charge in [-0.25, -0.2) is 9.58 Å². The van der Waals surface area contributed by atoms with Crippen molar-refractivity contribution >= 4 is 45.8 Å². The number of nitrogens with zero attached hydrogens (tertiary/aromatic N) is 5. The van der Waals surface area contributed by atoms with E-state index >= 15 is 0 Å². The summed E-state index contributed by atoms with van der Waals surface area (Å²) in [6.07, 6.45) is 0. The van der Waals surface area contributed by atoms with E-state index in [1.165, 1.54) is 21.3 Å². The molecule has 1 saturated heterocycles. The van der Waals surface area contributed by atoms with Crippen LogP contribution >= 0.6 is 11.8 Å². The Balaban J connectivity index is 1.60. The number of anilines is 2. The molecule has 1 N–H and O–H groups in total. The molecular weight excluding hydrogens is 428 g/mol. The van der Waals surface area contributed by atoms with Crippen LogP contribution in [-0.2, 0) is 16.6 Å². The molecule has 1 aromatic heterocycles. The molecule has 2 aliphatic rings. The zero-order chi connectivity index (χ0) is 22.4. The first-order chi connectivity index (χ1) is 15.5. The zero-order valence-corrected chi connectivity index (χ0v) is 18.1. The monoisotopic (exact) mass is 446 g/mol. The van der Waals surface area contributed by atoms with Crippen LogP contribution in [0.3, 0.4) is 0 Å². The number of amidine groups is 1. The van der Waals surface area contributed by atoms with E-state index in [2.05, 4.69) is 15.5 Å². The SMILES string of the molecule is Cc1c(N2C(=O)CS/C2=N\N=C2/C(=O)Nc3ccccc32)c(=O)n(-c2ccccc2)n1C. The highest BCUT2D eigenvalue weighted by Crippen LogP contribution is 2.29. The van der Waals surface area contributed by atoms with Crippen LogP contribution < -0.4 is 15.8 Å². The molecule has 10 heteroatoms. The van der Waals surface area contributed by atoms with Crippen molar-refractivity contribution in [2.24, 2.45) is 17.3 Å². The lowest BCUT2D eigenvalue weighted by atomic mass is 10.1. The number of benzene rings is 2. The normalized spacial score (nSPS) is 18.0. The summed E-state index contributed by atoms with van der Waals surface area (Å²) in [5.41, 5.74) is 2.65. The second-order valence-corrected chi connectivity index (χ2v) is 8.20. The Morgan fingerprint density at radius 2 is 1.69 bits per heavy atom. The fourth-order valence-electron chi connectivity index (χ4n) is 3.76. The van der Waals surface area contributed by atoms with Crippen LogP contribution in [0.25, 0.3) is 5.69 Å². The molecule has 0 unspecified atom stereocenters. The molecule has 0 saturated carbocycles. The maximum absolute atomic E-state index is 13.3. The highest BCUT2D eigenvalue weighted by molar-refractivity contribution is 8.15. The van der Waals surface area contributed by atoms with E-state index in [4.69, 9.17) is 0 Å². The van der Waals surface area contributed by atoms with Gasteiger partial charge in [0.05, 0.1) is 22.8 Å². The zero-order valence-electron chi connectivity index (χ0n) is 17.3. The summed E-state index contributed by atoms with van der Waals surface area (Å²) in [6, 6.07) is 16.4. The highest BCUT2D eigenvalue weighted by Gasteiger charge is 2.36. The van der Waals surface area contributed by atoms with Crippen LogP contribution in [0.4, 0.5) is 11.4 Å². The minimum Gasteiger partial charge on any atom is -0.320 e. The minimum absolute atomic E-state index is 0.131. The summed E-state index contributed by atoms with van der Waals surface area (Å²) in [6.45, 7) is 1.77. The third-order valence-electron chi connectivity index (χ3n) is 5.39. The number of fused-ring (bicyclic) bond motifs is 1. The maximum Gasteiger partial charge on any atom is 0.296 e. The molecule has 2 aliphatic heterocycles. The highest BCUT2D eigenvalue weighted by atomic mass is 32.2. The number of hydrogen-bond donors (Lipinski definition) is 1. The van der Waals surface area contributed by atoms with E-state index in [-0.39, 0.29) is 39.7 Å². The number of para-hydroxylation sites is 2. The molecule has 0 bridgehead atoms. The van der Waals surface area contributed by atoms with Gasteiger partial charge in [-0.15, -0.1) is 10.2 Å². The van der Waals surface area contributed by atoms with Crippen LogP contribution in [0, 0.1) is 6.92 Å². The second-order valence-electron chi connectivity index (χ2n) is 7.26. The Labute approximate surface area is 187 Å². The number of rotatable bonds is 3. The van der Waals surface area contributed by atoms with Crippen LogP contribution in [0.15, 0.2) is 69.6 Å². The quantitative estimate of drug-likeness (QED) is 0.624. The predicted octanol–water partition coefficient (Wildman–Crippen LogP) is 2.28. The Kier molecular flexibility index (Phi) is 4.78. The van der Waals surface area contributed by atoms with Crippen molar-refractivity contribution in [2.75, 3.05) is 16.0 Å². The number of hydrogen-bond acceptors (Lipinski definition) is 6. The molecule has 0 spiro atoms. The van der Waals surface area contributed by atoms with Crippen LogP contribution in [0.5, 0.6) is 0 Å². The first-order valence-corrected chi connectivity index (χ1v) is 10.8. The van der Waals surface area contributed by atoms with Gasteiger partial charge in [0.25, 0.3) is 11.5 Å². The smallest absolute Gasteiger partial charge is 0.296 e. The number of carbonyl (C=O) groups is 2. The van der Waals surface area contributed by atoms with Crippen molar-refractivity contribution in [1.82, 2.24) is 9.36 Å². The lowest BCUT2D eigenvalue weighted by Crippen LogP contribution is -2.34. The van der Waals surface area contributed by atoms with Crippen molar-refractivity contribution in [3.05, 3.63) is 76.2 Å². The van der Waals surface area contributed by atoms with E-state index < -0.39 is 0 Å². The molecule has 0 aliphatic carbocycles. The molecule has 5 rings (SSSR count). The van der Waals surface area contributed by atoms with E-state index in [0.717, 1.165) is 0 Å². The lowest BCUT2D eigenvalue weighted by molar-refractivity contribution is -0.115. The van der Waals surface area contributed by atoms with E-state index in [1.54, 1.807) is 36.9 Å². The molecule has 1 fully saturated rings. The topological polar surface area (TPSA) is 101 Å². The van der Waals surface area contributed by atoms with Crippen molar-refractivity contribution in [1.29, 1.82) is 0 Å². The van der Waals surface area contributed by atoms with Crippen LogP contribution in [0.2, 0.25) is 0 Å². The standard InChI is InChI=1S/C22H18N6O3S/c1-13-19(21(31)28(26(13)2)14-8-4-3-5-9-14)27-17(29)12-32-22(27)25-24-18-15-10-6-7-11-16(15)23-20(18)30/h3-11H,12H2,1-2H3,(H,23,24,30)/b25-22-. The van der Waals surface area contributed by atoms with Crippen molar-refractivity contribution in [2.45, 2.75) is 6.92 Å². The van der Waals surface area contributed by atoms with Gasteiger partial charge in [0.1, 0.15) is 5.69 Å². The van der Waals surface area contributed by atoms with Crippen molar-refractivity contribution in [3.8, 4) is 5.69 Å². The molecule has 3 heterocycles. The number of thioether (sulfide) groups is 1. The Morgan fingerprint density at radius 1 is 0.969 bits per heavy atom. The Morgan fingerprint density at radius 3 is 2.47 bits per heavy atom. The van der Waals surface area contributed by atoms with Gasteiger partial charge in [0, 0.05) is 12.6 Å². The third kappa shape index (κ3) is 3.07. The number of nitrogens with one attached hydrogen (secondary N) is 1. The Bertz CT molecular complexity index is 1390. The average Bonchev–Trinajstić information content (AvgIpc) is 3.38. The maximum atomic E-state index is 13.3. The van der Waals surface area contributed by atoms with Gasteiger partial charge in [0.2, 0.25) is 5.91 Å². The largest absolute Gasteiger partial charge is 0.320 e. The second kappa shape index (κ2) is 7.65. The number of aromatic nitrogens is 2. The summed E-state index contributed by atoms with van der Waals surface area (Å²) in [5, 5.41) is 11.4. The fraction of sp³-hybridized carbons (Fsp3) is 0.136. The third-order valence-corrected chi connectivity index (χ3v) is 6.31. The summed E-state index contributed by atoms with van der Waals surface area (Å²) in [7, 11) is 1.76. The van der Waals surface area contributed by atoms with Gasteiger partial charge < -0.3 is 5.32 Å². The minimum atomic E-state index is -0.362. The van der Waals surface area contributed by atoms with Crippen molar-refractivity contribution in [3.63, 3.8) is 0 Å². The molecule has 2 aromatic carbocycles. The average molecular weight is 446 g/mol. The van der Waals surface area contributed by atoms with Crippen molar-refractivity contribution < 1.29 is 9.59 Å². The molecule has 0 radical (unpaired) electrons. The van der Waals surface area contributed by atoms with Crippen LogP contribution in [-0.4, -0.2) is 37.8 Å². The summed E-state index contributed by atoms with van der Waals surface area (Å²) >= 11 is 1.18. The predicted molar refractivity (Wildman–Crippen MR) is 125 cm³/mol. The molecular formula is C22H18N6O3S. The summed E-state index contributed by atoms with van der Waals surface area (Å²) in [5.74, 6) is -0.499. The number of amides is 2. The van der Waals surface area contributed by atoms with Crippen LogP contribution in [0.1, 0.15) is 11.3 Å². The molecule has 0 atom stereocenters. The Hall–Kier alpha value is -3.92. The van der Waals surface area contributed by atoms with Gasteiger partial charge in [-0.1, -0.05) is 48.2 Å². The van der Waals surface area contributed by atoms with Gasteiger partial charge in [-0.05, 0) is 25.1 Å². The van der Waals surface area contributed by atoms with Gasteiger partial charge in [-0.2, -0.15) is 0 Å². The summed E-state index contributed by atoms with van der Waals surface area (Å²) < 4.78 is 3.21. The van der Waals surface area contributed by atoms with Gasteiger partial charge in [0.15, 0.2) is 10.9 Å². The molecule has 32 heavy (non-hydrogen) atoms.